The number of rotatable bonds is 2. The van der Waals surface area contributed by atoms with Crippen LogP contribution in [0.25, 0.3) is 0 Å². The van der Waals surface area contributed by atoms with Crippen LogP contribution in [0.3, 0.4) is 0 Å². The van der Waals surface area contributed by atoms with Crippen LogP contribution in [0.15, 0.2) is 22.7 Å². The molecular weight excluding hydrogens is 254 g/mol. The minimum atomic E-state index is -0.383. The number of hydrogen-bond acceptors (Lipinski definition) is 4. The molecule has 1 heterocycles. The quantitative estimate of drug-likeness (QED) is 0.818. The summed E-state index contributed by atoms with van der Waals surface area (Å²) in [7, 11) is 0. The molecule has 0 saturated heterocycles. The molecule has 3 N–H and O–H groups in total. The molecule has 1 amide bonds. The van der Waals surface area contributed by atoms with Gasteiger partial charge in [0.1, 0.15) is 0 Å². The van der Waals surface area contributed by atoms with Crippen molar-refractivity contribution in [2.45, 2.75) is 13.8 Å². The lowest BCUT2D eigenvalue weighted by atomic mass is 10.2. The summed E-state index contributed by atoms with van der Waals surface area (Å²) in [5.41, 5.74) is 7.80. The van der Waals surface area contributed by atoms with E-state index < -0.39 is 0 Å². The van der Waals surface area contributed by atoms with Gasteiger partial charge in [0.05, 0.1) is 22.0 Å². The van der Waals surface area contributed by atoms with E-state index in [4.69, 9.17) is 21.9 Å². The SMILES string of the molecule is Cc1noc(NC(=O)c2cccc(N)c2Cl)c1C. The first-order valence-electron chi connectivity index (χ1n) is 5.29. The number of anilines is 2. The van der Waals surface area contributed by atoms with Gasteiger partial charge in [0.15, 0.2) is 0 Å². The first-order chi connectivity index (χ1) is 8.50. The standard InChI is InChI=1S/C12H12ClN3O2/c1-6-7(2)16-18-12(6)15-11(17)8-4-3-5-9(14)10(8)13/h3-5H,14H2,1-2H3,(H,15,17). The van der Waals surface area contributed by atoms with Gasteiger partial charge in [0, 0.05) is 5.56 Å². The molecule has 5 nitrogen and oxygen atoms in total. The third-order valence-electron chi connectivity index (χ3n) is 2.66. The van der Waals surface area contributed by atoms with E-state index in [1.165, 1.54) is 0 Å². The van der Waals surface area contributed by atoms with Gasteiger partial charge in [-0.25, -0.2) is 0 Å². The summed E-state index contributed by atoms with van der Waals surface area (Å²) in [6.07, 6.45) is 0. The number of carbonyl (C=O) groups excluding carboxylic acids is 1. The first-order valence-corrected chi connectivity index (χ1v) is 5.66. The van der Waals surface area contributed by atoms with Crippen LogP contribution in [-0.2, 0) is 0 Å². The Morgan fingerprint density at radius 2 is 2.17 bits per heavy atom. The summed E-state index contributed by atoms with van der Waals surface area (Å²) in [4.78, 5) is 12.0. The molecule has 0 atom stereocenters. The van der Waals surface area contributed by atoms with E-state index in [0.717, 1.165) is 11.3 Å². The zero-order chi connectivity index (χ0) is 13.3. The van der Waals surface area contributed by atoms with E-state index in [-0.39, 0.29) is 10.9 Å². The van der Waals surface area contributed by atoms with Gasteiger partial charge in [-0.1, -0.05) is 22.8 Å². The zero-order valence-corrected chi connectivity index (χ0v) is 10.7. The van der Waals surface area contributed by atoms with Crippen LogP contribution in [-0.4, -0.2) is 11.1 Å². The average Bonchev–Trinajstić information content (AvgIpc) is 2.64. The second-order valence-corrected chi connectivity index (χ2v) is 4.26. The highest BCUT2D eigenvalue weighted by atomic mass is 35.5. The molecule has 0 unspecified atom stereocenters. The molecule has 2 rings (SSSR count). The lowest BCUT2D eigenvalue weighted by molar-refractivity contribution is 0.102. The van der Waals surface area contributed by atoms with Crippen LogP contribution in [0.2, 0.25) is 5.02 Å². The molecule has 0 fully saturated rings. The Bertz CT molecular complexity index is 607. The van der Waals surface area contributed by atoms with Crippen LogP contribution >= 0.6 is 11.6 Å². The molecule has 0 aliphatic heterocycles. The molecule has 0 aliphatic rings. The van der Waals surface area contributed by atoms with E-state index >= 15 is 0 Å². The summed E-state index contributed by atoms with van der Waals surface area (Å²) in [6.45, 7) is 3.60. The molecule has 0 saturated carbocycles. The number of aryl methyl sites for hydroxylation is 1. The molecule has 0 aliphatic carbocycles. The predicted molar refractivity (Wildman–Crippen MR) is 69.8 cm³/mol. The molecular formula is C12H12ClN3O2. The second kappa shape index (κ2) is 4.70. The lowest BCUT2D eigenvalue weighted by Crippen LogP contribution is -2.13. The zero-order valence-electron chi connectivity index (χ0n) is 9.95. The highest BCUT2D eigenvalue weighted by Crippen LogP contribution is 2.25. The maximum absolute atomic E-state index is 12.0. The molecule has 6 heteroatoms. The Hall–Kier alpha value is -2.01. The normalized spacial score (nSPS) is 10.4. The fourth-order valence-corrected chi connectivity index (χ4v) is 1.64. The maximum atomic E-state index is 12.0. The van der Waals surface area contributed by atoms with E-state index in [1.54, 1.807) is 25.1 Å². The molecule has 0 bridgehead atoms. The van der Waals surface area contributed by atoms with Gasteiger partial charge in [-0.3, -0.25) is 10.1 Å². The number of benzene rings is 1. The summed E-state index contributed by atoms with van der Waals surface area (Å²) >= 11 is 5.97. The maximum Gasteiger partial charge on any atom is 0.259 e. The van der Waals surface area contributed by atoms with Crippen LogP contribution in [0, 0.1) is 13.8 Å². The van der Waals surface area contributed by atoms with Gasteiger partial charge in [-0.2, -0.15) is 0 Å². The van der Waals surface area contributed by atoms with Crippen molar-refractivity contribution in [3.8, 4) is 0 Å². The molecule has 94 valence electrons. The topological polar surface area (TPSA) is 81.2 Å². The van der Waals surface area contributed by atoms with Crippen molar-refractivity contribution in [2.75, 3.05) is 11.1 Å². The second-order valence-electron chi connectivity index (χ2n) is 3.89. The Kier molecular flexibility index (Phi) is 3.25. The fourth-order valence-electron chi connectivity index (χ4n) is 1.43. The van der Waals surface area contributed by atoms with E-state index in [2.05, 4.69) is 10.5 Å². The predicted octanol–water partition coefficient (Wildman–Crippen LogP) is 2.78. The van der Waals surface area contributed by atoms with Crippen molar-refractivity contribution in [3.05, 3.63) is 40.0 Å². The smallest absolute Gasteiger partial charge is 0.259 e. The minimum absolute atomic E-state index is 0.226. The van der Waals surface area contributed by atoms with Gasteiger partial charge in [0.2, 0.25) is 5.88 Å². The van der Waals surface area contributed by atoms with Crippen LogP contribution in [0.1, 0.15) is 21.6 Å². The molecule has 18 heavy (non-hydrogen) atoms. The number of nitrogens with two attached hydrogens (primary N) is 1. The molecule has 0 spiro atoms. The summed E-state index contributed by atoms with van der Waals surface area (Å²) in [6, 6.07) is 4.88. The summed E-state index contributed by atoms with van der Waals surface area (Å²) < 4.78 is 5.00. The van der Waals surface area contributed by atoms with E-state index in [1.807, 2.05) is 6.92 Å². The van der Waals surface area contributed by atoms with Gasteiger partial charge in [0.25, 0.3) is 5.91 Å². The third-order valence-corrected chi connectivity index (χ3v) is 3.08. The molecule has 1 aromatic carbocycles. The van der Waals surface area contributed by atoms with Crippen LogP contribution in [0.4, 0.5) is 11.6 Å². The van der Waals surface area contributed by atoms with E-state index in [0.29, 0.717) is 17.1 Å². The van der Waals surface area contributed by atoms with Gasteiger partial charge >= 0.3 is 0 Å². The lowest BCUT2D eigenvalue weighted by Gasteiger charge is -2.06. The third kappa shape index (κ3) is 2.17. The number of nitrogens with one attached hydrogen (secondary N) is 1. The number of halogens is 1. The summed E-state index contributed by atoms with van der Waals surface area (Å²) in [5.74, 6) is -0.0671. The highest BCUT2D eigenvalue weighted by molar-refractivity contribution is 6.36. The Balaban J connectivity index is 2.28. The van der Waals surface area contributed by atoms with Crippen molar-refractivity contribution < 1.29 is 9.32 Å². The van der Waals surface area contributed by atoms with Gasteiger partial charge < -0.3 is 10.3 Å². The fraction of sp³-hybridized carbons (Fsp3) is 0.167. The van der Waals surface area contributed by atoms with Crippen LogP contribution in [0.5, 0.6) is 0 Å². The number of aromatic nitrogens is 1. The van der Waals surface area contributed by atoms with Gasteiger partial charge in [-0.05, 0) is 26.0 Å². The van der Waals surface area contributed by atoms with Crippen molar-refractivity contribution in [2.24, 2.45) is 0 Å². The van der Waals surface area contributed by atoms with Crippen molar-refractivity contribution in [1.29, 1.82) is 0 Å². The number of hydrogen-bond donors (Lipinski definition) is 2. The number of nitrogens with zero attached hydrogens (tertiary/aromatic N) is 1. The Morgan fingerprint density at radius 3 is 2.78 bits per heavy atom. The Labute approximate surface area is 109 Å². The molecule has 2 aromatic rings. The average molecular weight is 266 g/mol. The largest absolute Gasteiger partial charge is 0.398 e. The number of nitrogen functional groups attached to an aromatic ring is 1. The Morgan fingerprint density at radius 1 is 1.44 bits per heavy atom. The highest BCUT2D eigenvalue weighted by Gasteiger charge is 2.16. The minimum Gasteiger partial charge on any atom is -0.398 e. The first kappa shape index (κ1) is 12.4. The molecule has 1 aromatic heterocycles. The van der Waals surface area contributed by atoms with Crippen LogP contribution < -0.4 is 11.1 Å². The van der Waals surface area contributed by atoms with Crippen molar-refractivity contribution in [1.82, 2.24) is 5.16 Å². The van der Waals surface area contributed by atoms with Crippen molar-refractivity contribution >= 4 is 29.1 Å². The monoisotopic (exact) mass is 265 g/mol. The molecule has 0 radical (unpaired) electrons. The van der Waals surface area contributed by atoms with Gasteiger partial charge in [-0.15, -0.1) is 0 Å². The summed E-state index contributed by atoms with van der Waals surface area (Å²) in [5, 5.41) is 6.59. The number of carbonyl (C=O) groups is 1. The van der Waals surface area contributed by atoms with E-state index in [9.17, 15) is 4.79 Å². The number of amides is 1. The van der Waals surface area contributed by atoms with Crippen molar-refractivity contribution in [3.63, 3.8) is 0 Å².